The van der Waals surface area contributed by atoms with Crippen LogP contribution in [0.15, 0.2) is 0 Å². The molecule has 0 saturated heterocycles. The van der Waals surface area contributed by atoms with E-state index in [1.165, 1.54) is 6.92 Å². The van der Waals surface area contributed by atoms with Gasteiger partial charge in [0.2, 0.25) is 0 Å². The summed E-state index contributed by atoms with van der Waals surface area (Å²) in [5.41, 5.74) is 0. The van der Waals surface area contributed by atoms with Gasteiger partial charge in [0.15, 0.2) is 5.78 Å². The average molecular weight is 232 g/mol. The Hall–Kier alpha value is -1.43. The molecule has 2 unspecified atom stereocenters. The minimum Gasteiger partial charge on any atom is -0.386 e. The summed E-state index contributed by atoms with van der Waals surface area (Å²) >= 11 is 0. The topological polar surface area (TPSA) is 89.9 Å². The van der Waals surface area contributed by atoms with E-state index >= 15 is 0 Å². The molecule has 92 valence electrons. The standard InChI is InChI=1S/C10H16O6/c1-4-8(5-9(13)6(2)11)10(14)16-15-7(3)12/h6,8,11H,4-5H2,1-3H3. The van der Waals surface area contributed by atoms with Gasteiger partial charge in [0, 0.05) is 13.3 Å². The van der Waals surface area contributed by atoms with Crippen molar-refractivity contribution in [1.82, 2.24) is 0 Å². The molecule has 0 aliphatic carbocycles. The first-order chi connectivity index (χ1) is 7.38. The zero-order chi connectivity index (χ0) is 12.7. The molecule has 1 N–H and O–H groups in total. The smallest absolute Gasteiger partial charge is 0.359 e. The summed E-state index contributed by atoms with van der Waals surface area (Å²) < 4.78 is 0. The number of rotatable bonds is 5. The Morgan fingerprint density at radius 1 is 1.25 bits per heavy atom. The van der Waals surface area contributed by atoms with E-state index in [1.807, 2.05) is 0 Å². The summed E-state index contributed by atoms with van der Waals surface area (Å²) in [6.07, 6.45) is -0.886. The van der Waals surface area contributed by atoms with E-state index in [1.54, 1.807) is 6.92 Å². The van der Waals surface area contributed by atoms with E-state index in [-0.39, 0.29) is 6.42 Å². The first kappa shape index (κ1) is 14.6. The van der Waals surface area contributed by atoms with Crippen molar-refractivity contribution in [3.05, 3.63) is 0 Å². The first-order valence-corrected chi connectivity index (χ1v) is 4.98. The molecule has 0 aliphatic rings. The van der Waals surface area contributed by atoms with Gasteiger partial charge in [-0.15, -0.1) is 0 Å². The number of Topliss-reactive ketones (excluding diaryl/α,β-unsaturated/α-hetero) is 1. The van der Waals surface area contributed by atoms with Gasteiger partial charge >= 0.3 is 11.9 Å². The molecular weight excluding hydrogens is 216 g/mol. The largest absolute Gasteiger partial charge is 0.386 e. The first-order valence-electron chi connectivity index (χ1n) is 4.98. The average Bonchev–Trinajstić information content (AvgIpc) is 2.21. The van der Waals surface area contributed by atoms with Gasteiger partial charge in [-0.05, 0) is 13.3 Å². The number of ketones is 1. The second-order valence-corrected chi connectivity index (χ2v) is 3.43. The van der Waals surface area contributed by atoms with Gasteiger partial charge in [-0.2, -0.15) is 0 Å². The van der Waals surface area contributed by atoms with E-state index in [2.05, 4.69) is 9.78 Å². The molecule has 0 heterocycles. The van der Waals surface area contributed by atoms with Crippen LogP contribution < -0.4 is 0 Å². The van der Waals surface area contributed by atoms with Gasteiger partial charge in [0.1, 0.15) is 6.10 Å². The normalized spacial score (nSPS) is 13.8. The number of hydrogen-bond acceptors (Lipinski definition) is 6. The van der Waals surface area contributed by atoms with Crippen LogP contribution in [0.5, 0.6) is 0 Å². The van der Waals surface area contributed by atoms with Crippen LogP contribution in [0.4, 0.5) is 0 Å². The Morgan fingerprint density at radius 3 is 2.19 bits per heavy atom. The molecule has 0 aromatic heterocycles. The highest BCUT2D eigenvalue weighted by atomic mass is 17.2. The molecule has 0 aliphatic heterocycles. The Bertz CT molecular complexity index is 270. The highest BCUT2D eigenvalue weighted by Gasteiger charge is 2.25. The van der Waals surface area contributed by atoms with Crippen molar-refractivity contribution in [3.63, 3.8) is 0 Å². The van der Waals surface area contributed by atoms with Gasteiger partial charge in [-0.25, -0.2) is 19.4 Å². The van der Waals surface area contributed by atoms with Crippen LogP contribution in [-0.4, -0.2) is 28.9 Å². The summed E-state index contributed by atoms with van der Waals surface area (Å²) in [5, 5.41) is 8.98. The number of carbonyl (C=O) groups excluding carboxylic acids is 3. The summed E-state index contributed by atoms with van der Waals surface area (Å²) in [4.78, 5) is 41.2. The predicted octanol–water partition coefficient (Wildman–Crippen LogP) is 0.374. The van der Waals surface area contributed by atoms with Gasteiger partial charge in [0.25, 0.3) is 0 Å². The van der Waals surface area contributed by atoms with E-state index in [4.69, 9.17) is 5.11 Å². The van der Waals surface area contributed by atoms with Crippen LogP contribution >= 0.6 is 0 Å². The Labute approximate surface area is 93.5 Å². The number of hydrogen-bond donors (Lipinski definition) is 1. The van der Waals surface area contributed by atoms with Gasteiger partial charge < -0.3 is 5.11 Å². The Morgan fingerprint density at radius 2 is 1.81 bits per heavy atom. The molecule has 0 saturated carbocycles. The second kappa shape index (κ2) is 6.95. The number of carbonyl (C=O) groups is 3. The third-order valence-corrected chi connectivity index (χ3v) is 1.98. The quantitative estimate of drug-likeness (QED) is 0.544. The third-order valence-electron chi connectivity index (χ3n) is 1.98. The molecule has 16 heavy (non-hydrogen) atoms. The minimum absolute atomic E-state index is 0.131. The van der Waals surface area contributed by atoms with Crippen molar-refractivity contribution in [2.24, 2.45) is 5.92 Å². The molecule has 6 heteroatoms. The Kier molecular flexibility index (Phi) is 6.32. The summed E-state index contributed by atoms with van der Waals surface area (Å²) in [7, 11) is 0. The fourth-order valence-electron chi connectivity index (χ4n) is 0.976. The monoisotopic (exact) mass is 232 g/mol. The zero-order valence-electron chi connectivity index (χ0n) is 9.56. The molecule has 0 aromatic carbocycles. The minimum atomic E-state index is -1.12. The lowest BCUT2D eigenvalue weighted by Crippen LogP contribution is -2.25. The lowest BCUT2D eigenvalue weighted by molar-refractivity contribution is -0.260. The van der Waals surface area contributed by atoms with Crippen LogP contribution in [0.2, 0.25) is 0 Å². The predicted molar refractivity (Wildman–Crippen MR) is 52.9 cm³/mol. The lowest BCUT2D eigenvalue weighted by Gasteiger charge is -2.12. The van der Waals surface area contributed by atoms with E-state index in [0.29, 0.717) is 6.42 Å². The van der Waals surface area contributed by atoms with Crippen LogP contribution in [0.25, 0.3) is 0 Å². The van der Waals surface area contributed by atoms with Gasteiger partial charge in [-0.1, -0.05) is 6.92 Å². The van der Waals surface area contributed by atoms with Crippen molar-refractivity contribution >= 4 is 17.7 Å². The van der Waals surface area contributed by atoms with Crippen molar-refractivity contribution in [3.8, 4) is 0 Å². The molecule has 0 aromatic rings. The van der Waals surface area contributed by atoms with Crippen LogP contribution in [0, 0.1) is 5.92 Å². The van der Waals surface area contributed by atoms with E-state index < -0.39 is 29.7 Å². The summed E-state index contributed by atoms with van der Waals surface area (Å²) in [6.45, 7) is 4.11. The van der Waals surface area contributed by atoms with E-state index in [0.717, 1.165) is 6.92 Å². The highest BCUT2D eigenvalue weighted by Crippen LogP contribution is 2.12. The van der Waals surface area contributed by atoms with Crippen LogP contribution in [0.3, 0.4) is 0 Å². The Balaban J connectivity index is 4.22. The molecule has 0 fully saturated rings. The fourth-order valence-corrected chi connectivity index (χ4v) is 0.976. The molecule has 0 radical (unpaired) electrons. The fraction of sp³-hybridized carbons (Fsp3) is 0.700. The molecule has 0 amide bonds. The van der Waals surface area contributed by atoms with Crippen molar-refractivity contribution in [1.29, 1.82) is 0 Å². The lowest BCUT2D eigenvalue weighted by atomic mass is 9.98. The maximum absolute atomic E-state index is 11.3. The second-order valence-electron chi connectivity index (χ2n) is 3.43. The molecule has 6 nitrogen and oxygen atoms in total. The molecule has 0 bridgehead atoms. The molecular formula is C10H16O6. The summed E-state index contributed by atoms with van der Waals surface area (Å²) in [5.74, 6) is -2.69. The van der Waals surface area contributed by atoms with Crippen molar-refractivity contribution in [2.45, 2.75) is 39.7 Å². The van der Waals surface area contributed by atoms with Crippen LogP contribution in [-0.2, 0) is 24.2 Å². The number of aliphatic hydroxyl groups is 1. The van der Waals surface area contributed by atoms with E-state index in [9.17, 15) is 14.4 Å². The summed E-state index contributed by atoms with van der Waals surface area (Å²) in [6, 6.07) is 0. The zero-order valence-corrected chi connectivity index (χ0v) is 9.56. The molecule has 0 spiro atoms. The SMILES string of the molecule is CCC(CC(=O)C(C)O)C(=O)OOC(C)=O. The van der Waals surface area contributed by atoms with Gasteiger partial charge in [-0.3, -0.25) is 4.79 Å². The van der Waals surface area contributed by atoms with Crippen molar-refractivity contribution < 1.29 is 29.3 Å². The third kappa shape index (κ3) is 5.45. The highest BCUT2D eigenvalue weighted by molar-refractivity contribution is 5.87. The number of aliphatic hydroxyl groups excluding tert-OH is 1. The van der Waals surface area contributed by atoms with Gasteiger partial charge in [0.05, 0.1) is 5.92 Å². The maximum atomic E-state index is 11.3. The molecule has 0 rings (SSSR count). The maximum Gasteiger partial charge on any atom is 0.359 e. The van der Waals surface area contributed by atoms with Crippen LogP contribution in [0.1, 0.15) is 33.6 Å². The van der Waals surface area contributed by atoms with Crippen molar-refractivity contribution in [2.75, 3.05) is 0 Å². The molecule has 2 atom stereocenters.